The highest BCUT2D eigenvalue weighted by atomic mass is 32.2. The average Bonchev–Trinajstić information content (AvgIpc) is 2.84. The number of thioether (sulfide) groups is 2. The van der Waals surface area contributed by atoms with Gasteiger partial charge < -0.3 is 15.1 Å². The molecule has 4 rings (SSSR count). The lowest BCUT2D eigenvalue weighted by molar-refractivity contribution is -0.122. The van der Waals surface area contributed by atoms with Gasteiger partial charge in [-0.05, 0) is 79.4 Å². The van der Waals surface area contributed by atoms with Crippen molar-refractivity contribution in [2.75, 3.05) is 28.3 Å². The predicted molar refractivity (Wildman–Crippen MR) is 132 cm³/mol. The second-order valence-corrected chi connectivity index (χ2v) is 11.1. The quantitative estimate of drug-likeness (QED) is 0.577. The van der Waals surface area contributed by atoms with Crippen LogP contribution < -0.4 is 16.4 Å². The number of nitriles is 1. The van der Waals surface area contributed by atoms with Gasteiger partial charge in [0, 0.05) is 6.20 Å². The summed E-state index contributed by atoms with van der Waals surface area (Å²) in [5.41, 5.74) is 0.318. The van der Waals surface area contributed by atoms with Gasteiger partial charge >= 0.3 is 5.76 Å². The average molecular weight is 488 g/mol. The molecule has 2 aliphatic heterocycles. The van der Waals surface area contributed by atoms with E-state index in [9.17, 15) is 14.9 Å². The Morgan fingerprint density at radius 3 is 2.48 bits per heavy atom. The van der Waals surface area contributed by atoms with Gasteiger partial charge in [0.1, 0.15) is 17.9 Å². The van der Waals surface area contributed by atoms with Gasteiger partial charge in [0.2, 0.25) is 5.91 Å². The molecule has 2 N–H and O–H groups in total. The van der Waals surface area contributed by atoms with Crippen LogP contribution in [0.2, 0.25) is 0 Å². The number of nitrogens with zero attached hydrogens (tertiary/aromatic N) is 3. The third kappa shape index (κ3) is 6.64. The van der Waals surface area contributed by atoms with Crippen LogP contribution in [0.15, 0.2) is 27.7 Å². The fraction of sp³-hybridized carbons (Fsp3) is 0.609. The molecule has 2 fully saturated rings. The molecule has 176 valence electrons. The Labute approximate surface area is 201 Å². The predicted octanol–water partition coefficient (Wildman–Crippen LogP) is 3.44. The SMILES string of the molecule is N#CC(CC1CCSCC1)NC(=O)C(CC1CCSCC1)Nc1nc(=O)oc2cnccc12. The van der Waals surface area contributed by atoms with E-state index in [1.807, 2.05) is 23.5 Å². The molecule has 2 aromatic rings. The molecule has 2 atom stereocenters. The first-order chi connectivity index (χ1) is 16.1. The summed E-state index contributed by atoms with van der Waals surface area (Å²) in [7, 11) is 0. The maximum atomic E-state index is 13.4. The number of anilines is 1. The maximum absolute atomic E-state index is 13.4. The highest BCUT2D eigenvalue weighted by molar-refractivity contribution is 7.99. The summed E-state index contributed by atoms with van der Waals surface area (Å²) >= 11 is 3.89. The summed E-state index contributed by atoms with van der Waals surface area (Å²) in [6.45, 7) is 0. The Hall–Kier alpha value is -2.25. The van der Waals surface area contributed by atoms with Gasteiger partial charge in [0.25, 0.3) is 0 Å². The van der Waals surface area contributed by atoms with E-state index >= 15 is 0 Å². The highest BCUT2D eigenvalue weighted by Crippen LogP contribution is 2.29. The van der Waals surface area contributed by atoms with E-state index in [1.165, 1.54) is 6.20 Å². The molecule has 2 saturated heterocycles. The first-order valence-corrected chi connectivity index (χ1v) is 13.8. The van der Waals surface area contributed by atoms with Crippen LogP contribution in [0.1, 0.15) is 38.5 Å². The molecule has 4 heterocycles. The van der Waals surface area contributed by atoms with Crippen LogP contribution in [0, 0.1) is 23.2 Å². The molecule has 2 unspecified atom stereocenters. The van der Waals surface area contributed by atoms with Crippen molar-refractivity contribution < 1.29 is 9.21 Å². The molecule has 0 spiro atoms. The molecule has 10 heteroatoms. The molecule has 0 radical (unpaired) electrons. The summed E-state index contributed by atoms with van der Waals surface area (Å²) in [5.74, 6) is 4.62. The van der Waals surface area contributed by atoms with Crippen molar-refractivity contribution in [1.82, 2.24) is 15.3 Å². The summed E-state index contributed by atoms with van der Waals surface area (Å²) in [5, 5.41) is 16.5. The van der Waals surface area contributed by atoms with Gasteiger partial charge in [-0.2, -0.15) is 33.8 Å². The van der Waals surface area contributed by atoms with Crippen molar-refractivity contribution in [3.8, 4) is 6.07 Å². The van der Waals surface area contributed by atoms with Gasteiger partial charge in [0.15, 0.2) is 5.58 Å². The Kier molecular flexibility index (Phi) is 8.51. The van der Waals surface area contributed by atoms with Crippen LogP contribution in [0.3, 0.4) is 0 Å². The van der Waals surface area contributed by atoms with Crippen LogP contribution in [-0.4, -0.2) is 51.0 Å². The molecule has 1 amide bonds. The van der Waals surface area contributed by atoms with Crippen LogP contribution in [0.25, 0.3) is 11.0 Å². The summed E-state index contributed by atoms with van der Waals surface area (Å²) in [4.78, 5) is 33.4. The van der Waals surface area contributed by atoms with Gasteiger partial charge in [-0.1, -0.05) is 0 Å². The zero-order valence-corrected chi connectivity index (χ0v) is 20.1. The van der Waals surface area contributed by atoms with E-state index in [2.05, 4.69) is 26.7 Å². The highest BCUT2D eigenvalue weighted by Gasteiger charge is 2.28. The Morgan fingerprint density at radius 2 is 1.82 bits per heavy atom. The molecule has 0 bridgehead atoms. The van der Waals surface area contributed by atoms with E-state index in [4.69, 9.17) is 4.42 Å². The van der Waals surface area contributed by atoms with Gasteiger partial charge in [-0.25, -0.2) is 4.79 Å². The number of fused-ring (bicyclic) bond motifs is 1. The number of nitrogens with one attached hydrogen (secondary N) is 2. The normalized spacial score (nSPS) is 19.5. The van der Waals surface area contributed by atoms with Crippen molar-refractivity contribution in [1.29, 1.82) is 5.26 Å². The van der Waals surface area contributed by atoms with Crippen molar-refractivity contribution in [3.63, 3.8) is 0 Å². The molecule has 8 nitrogen and oxygen atoms in total. The third-order valence-electron chi connectivity index (χ3n) is 6.36. The summed E-state index contributed by atoms with van der Waals surface area (Å²) in [6, 6.07) is 2.87. The van der Waals surface area contributed by atoms with E-state index in [0.29, 0.717) is 41.5 Å². The van der Waals surface area contributed by atoms with Crippen LogP contribution in [-0.2, 0) is 4.79 Å². The minimum atomic E-state index is -0.740. The van der Waals surface area contributed by atoms with E-state index in [1.54, 1.807) is 12.3 Å². The van der Waals surface area contributed by atoms with Gasteiger partial charge in [-0.15, -0.1) is 0 Å². The molecule has 0 aliphatic carbocycles. The van der Waals surface area contributed by atoms with Crippen LogP contribution >= 0.6 is 23.5 Å². The monoisotopic (exact) mass is 487 g/mol. The van der Waals surface area contributed by atoms with Crippen molar-refractivity contribution in [2.24, 2.45) is 11.8 Å². The number of pyridine rings is 1. The number of rotatable bonds is 8. The van der Waals surface area contributed by atoms with Gasteiger partial charge in [-0.3, -0.25) is 9.78 Å². The molecule has 2 aliphatic rings. The van der Waals surface area contributed by atoms with E-state index in [0.717, 1.165) is 48.7 Å². The van der Waals surface area contributed by atoms with Gasteiger partial charge in [0.05, 0.1) is 17.7 Å². The molecule has 0 aromatic carbocycles. The lowest BCUT2D eigenvalue weighted by Crippen LogP contribution is -2.46. The number of amides is 1. The maximum Gasteiger partial charge on any atom is 0.441 e. The summed E-state index contributed by atoms with van der Waals surface area (Å²) < 4.78 is 5.14. The van der Waals surface area contributed by atoms with Crippen molar-refractivity contribution >= 4 is 46.2 Å². The molecule has 33 heavy (non-hydrogen) atoms. The Balaban J connectivity index is 1.52. The van der Waals surface area contributed by atoms with Crippen molar-refractivity contribution in [3.05, 3.63) is 29.0 Å². The number of carbonyl (C=O) groups is 1. The first-order valence-electron chi connectivity index (χ1n) is 11.5. The second kappa shape index (κ2) is 11.7. The molecule has 2 aromatic heterocycles. The Bertz CT molecular complexity index is 1040. The molecular weight excluding hydrogens is 458 g/mol. The molecule has 0 saturated carbocycles. The smallest absolute Gasteiger partial charge is 0.406 e. The van der Waals surface area contributed by atoms with Crippen LogP contribution in [0.4, 0.5) is 5.82 Å². The first kappa shape index (κ1) is 23.9. The zero-order valence-electron chi connectivity index (χ0n) is 18.5. The lowest BCUT2D eigenvalue weighted by atomic mass is 9.92. The fourth-order valence-electron chi connectivity index (χ4n) is 4.48. The molecular formula is C23H29N5O3S2. The number of hydrogen-bond donors (Lipinski definition) is 2. The second-order valence-electron chi connectivity index (χ2n) is 8.67. The zero-order chi connectivity index (χ0) is 23.0. The number of carbonyl (C=O) groups excluding carboxylic acids is 1. The number of hydrogen-bond acceptors (Lipinski definition) is 9. The number of aromatic nitrogens is 2. The standard InChI is InChI=1S/C23H29N5O3S2/c24-13-17(11-15-2-7-32-8-3-15)26-22(29)19(12-16-4-9-33-10-5-16)27-21-18-1-6-25-14-20(18)31-23(30)28-21/h1,6,14-17,19H,2-5,7-12H2,(H,26,29)(H,27,28,30). The minimum absolute atomic E-state index is 0.220. The van der Waals surface area contributed by atoms with E-state index < -0.39 is 17.8 Å². The lowest BCUT2D eigenvalue weighted by Gasteiger charge is -2.28. The Morgan fingerprint density at radius 1 is 1.15 bits per heavy atom. The topological polar surface area (TPSA) is 121 Å². The van der Waals surface area contributed by atoms with Crippen LogP contribution in [0.5, 0.6) is 0 Å². The van der Waals surface area contributed by atoms with E-state index in [-0.39, 0.29) is 5.91 Å². The summed E-state index contributed by atoms with van der Waals surface area (Å²) in [6.07, 6.45) is 8.63. The minimum Gasteiger partial charge on any atom is -0.406 e. The largest absolute Gasteiger partial charge is 0.441 e. The fourth-order valence-corrected chi connectivity index (χ4v) is 6.89. The van der Waals surface area contributed by atoms with Crippen molar-refractivity contribution in [2.45, 2.75) is 50.6 Å². The third-order valence-corrected chi connectivity index (χ3v) is 8.46.